The van der Waals surface area contributed by atoms with Crippen LogP contribution in [0.15, 0.2) is 18.2 Å². The third-order valence-corrected chi connectivity index (χ3v) is 7.10. The zero-order chi connectivity index (χ0) is 24.0. The predicted octanol–water partition coefficient (Wildman–Crippen LogP) is 1.28. The number of imide groups is 1. The molecule has 3 heterocycles. The van der Waals surface area contributed by atoms with Crippen molar-refractivity contribution in [1.82, 2.24) is 15.1 Å². The number of likely N-dealkylation sites (tertiary alicyclic amines) is 1. The quantitative estimate of drug-likeness (QED) is 0.377. The molecule has 0 saturated carbocycles. The lowest BCUT2D eigenvalue weighted by molar-refractivity contribution is -0.136. The van der Waals surface area contributed by atoms with E-state index in [0.29, 0.717) is 30.6 Å². The number of nitrogens with one attached hydrogen (secondary N) is 1. The van der Waals surface area contributed by atoms with Gasteiger partial charge in [0.25, 0.3) is 5.91 Å². The van der Waals surface area contributed by atoms with Gasteiger partial charge in [-0.3, -0.25) is 28.8 Å². The first kappa shape index (κ1) is 23.6. The average molecular weight is 489 g/mol. The minimum Gasteiger partial charge on any atom is -0.322 e. The van der Waals surface area contributed by atoms with Gasteiger partial charge in [-0.1, -0.05) is 12.1 Å². The van der Waals surface area contributed by atoms with Crippen molar-refractivity contribution in [2.75, 3.05) is 13.1 Å². The Hall–Kier alpha value is -2.51. The molecule has 13 heteroatoms. The third-order valence-electron chi connectivity index (χ3n) is 6.00. The van der Waals surface area contributed by atoms with E-state index in [4.69, 9.17) is 0 Å². The summed E-state index contributed by atoms with van der Waals surface area (Å²) in [6.45, 7) is 1.13. The summed E-state index contributed by atoms with van der Waals surface area (Å²) in [5, 5.41) is 2.25. The highest BCUT2D eigenvalue weighted by Crippen LogP contribution is 2.30. The van der Waals surface area contributed by atoms with Gasteiger partial charge >= 0.3 is 15.6 Å². The fourth-order valence-electron chi connectivity index (χ4n) is 4.45. The monoisotopic (exact) mass is 489 g/mol. The summed E-state index contributed by atoms with van der Waals surface area (Å²) in [4.78, 5) is 39.5. The molecule has 2 fully saturated rings. The lowest BCUT2D eigenvalue weighted by Gasteiger charge is -2.32. The molecule has 9 nitrogen and oxygen atoms in total. The third kappa shape index (κ3) is 4.89. The number of hydrogen-bond donors (Lipinski definition) is 1. The van der Waals surface area contributed by atoms with Crippen molar-refractivity contribution >= 4 is 27.8 Å². The number of carbonyl (C=O) groups is 3. The smallest absolute Gasteiger partial charge is 0.322 e. The molecule has 2 atom stereocenters. The second-order valence-electron chi connectivity index (χ2n) is 8.39. The molecule has 0 bridgehead atoms. The second kappa shape index (κ2) is 8.69. The molecule has 0 aliphatic carbocycles. The number of halogens is 3. The Morgan fingerprint density at radius 3 is 2.61 bits per heavy atom. The molecule has 3 aliphatic heterocycles. The van der Waals surface area contributed by atoms with Crippen LogP contribution in [-0.2, 0) is 37.0 Å². The second-order valence-corrected chi connectivity index (χ2v) is 9.95. The normalized spacial score (nSPS) is 24.7. The van der Waals surface area contributed by atoms with Gasteiger partial charge in [0.05, 0.1) is 6.10 Å². The highest BCUT2D eigenvalue weighted by molar-refractivity contribution is 7.87. The van der Waals surface area contributed by atoms with E-state index in [-0.39, 0.29) is 44.2 Å². The molecule has 1 aromatic carbocycles. The molecule has 3 amide bonds. The van der Waals surface area contributed by atoms with Gasteiger partial charge in [-0.15, -0.1) is 0 Å². The number of fused-ring (bicyclic) bond motifs is 1. The predicted molar refractivity (Wildman–Crippen MR) is 107 cm³/mol. The standard InChI is InChI=1S/C20H22F3N3O6S/c21-20(22,23)33(30,31)32-14-2-1-7-25(11-14)9-12-3-4-15-13(8-12)10-26(19(15)29)16-5-6-17(27)24-18(16)28/h3-4,8,14,16H,1-2,5-7,9-11H2,(H,24,27,28). The molecule has 0 spiro atoms. The maximum Gasteiger partial charge on any atom is 0.523 e. The van der Waals surface area contributed by atoms with Gasteiger partial charge < -0.3 is 4.90 Å². The van der Waals surface area contributed by atoms with E-state index >= 15 is 0 Å². The summed E-state index contributed by atoms with van der Waals surface area (Å²) < 4.78 is 64.8. The highest BCUT2D eigenvalue weighted by atomic mass is 32.2. The summed E-state index contributed by atoms with van der Waals surface area (Å²) in [6.07, 6.45) is -0.00241. The Morgan fingerprint density at radius 1 is 1.15 bits per heavy atom. The molecule has 2 unspecified atom stereocenters. The van der Waals surface area contributed by atoms with Gasteiger partial charge in [-0.05, 0) is 43.0 Å². The van der Waals surface area contributed by atoms with E-state index < -0.39 is 33.7 Å². The van der Waals surface area contributed by atoms with E-state index in [9.17, 15) is 36.0 Å². The Kier molecular flexibility index (Phi) is 6.22. The zero-order valence-electron chi connectivity index (χ0n) is 17.4. The molecule has 1 N–H and O–H groups in total. The lowest BCUT2D eigenvalue weighted by Crippen LogP contribution is -2.52. The number of rotatable bonds is 5. The van der Waals surface area contributed by atoms with Gasteiger partial charge in [-0.25, -0.2) is 0 Å². The number of nitrogens with zero attached hydrogens (tertiary/aromatic N) is 2. The Labute approximate surface area is 188 Å². The SMILES string of the molecule is O=C1CCC(N2Cc3cc(CN4CCCC(OS(=O)(=O)C(F)(F)F)C4)ccc3C2=O)C(=O)N1. The van der Waals surface area contributed by atoms with E-state index in [0.717, 1.165) is 5.56 Å². The van der Waals surface area contributed by atoms with Gasteiger partial charge in [0.1, 0.15) is 6.04 Å². The molecule has 33 heavy (non-hydrogen) atoms. The zero-order valence-corrected chi connectivity index (χ0v) is 18.2. The van der Waals surface area contributed by atoms with E-state index in [1.165, 1.54) is 4.90 Å². The molecule has 0 radical (unpaired) electrons. The van der Waals surface area contributed by atoms with Crippen LogP contribution < -0.4 is 5.32 Å². The van der Waals surface area contributed by atoms with Gasteiger partial charge in [0, 0.05) is 31.6 Å². The van der Waals surface area contributed by atoms with E-state index in [2.05, 4.69) is 9.50 Å². The molecular formula is C20H22F3N3O6S. The molecule has 180 valence electrons. The maximum absolute atomic E-state index is 12.8. The number of piperidine rings is 2. The largest absolute Gasteiger partial charge is 0.523 e. The average Bonchev–Trinajstić information content (AvgIpc) is 3.03. The highest BCUT2D eigenvalue weighted by Gasteiger charge is 2.49. The summed E-state index contributed by atoms with van der Waals surface area (Å²) in [6, 6.07) is 4.45. The molecule has 4 rings (SSSR count). The van der Waals surface area contributed by atoms with Crippen LogP contribution in [0.2, 0.25) is 0 Å². The van der Waals surface area contributed by atoms with Crippen molar-refractivity contribution in [3.63, 3.8) is 0 Å². The fraction of sp³-hybridized carbons (Fsp3) is 0.550. The fourth-order valence-corrected chi connectivity index (χ4v) is 5.08. The van der Waals surface area contributed by atoms with Crippen molar-refractivity contribution in [2.24, 2.45) is 0 Å². The summed E-state index contributed by atoms with van der Waals surface area (Å²) in [7, 11) is -5.66. The van der Waals surface area contributed by atoms with Gasteiger partial charge in [0.2, 0.25) is 11.8 Å². The lowest BCUT2D eigenvalue weighted by atomic mass is 10.0. The molecular weight excluding hydrogens is 467 g/mol. The molecule has 0 aromatic heterocycles. The van der Waals surface area contributed by atoms with Crippen LogP contribution in [-0.4, -0.2) is 66.7 Å². The summed E-state index contributed by atoms with van der Waals surface area (Å²) in [5.41, 5.74) is -3.49. The summed E-state index contributed by atoms with van der Waals surface area (Å²) in [5.74, 6) is -1.16. The van der Waals surface area contributed by atoms with Crippen molar-refractivity contribution in [1.29, 1.82) is 0 Å². The van der Waals surface area contributed by atoms with Crippen LogP contribution in [0.25, 0.3) is 0 Å². The first-order valence-corrected chi connectivity index (χ1v) is 11.8. The first-order chi connectivity index (χ1) is 15.4. The number of benzene rings is 1. The van der Waals surface area contributed by atoms with Crippen LogP contribution in [0.5, 0.6) is 0 Å². The van der Waals surface area contributed by atoms with Crippen LogP contribution >= 0.6 is 0 Å². The van der Waals surface area contributed by atoms with Gasteiger partial charge in [-0.2, -0.15) is 21.6 Å². The molecule has 1 aromatic rings. The maximum atomic E-state index is 12.8. The number of amides is 3. The van der Waals surface area contributed by atoms with Crippen molar-refractivity contribution in [2.45, 2.75) is 56.4 Å². The van der Waals surface area contributed by atoms with Crippen molar-refractivity contribution in [3.8, 4) is 0 Å². The minimum atomic E-state index is -5.66. The molecule has 3 aliphatic rings. The number of hydrogen-bond acceptors (Lipinski definition) is 7. The molecule has 2 saturated heterocycles. The van der Waals surface area contributed by atoms with Crippen LogP contribution in [0.3, 0.4) is 0 Å². The Balaban J connectivity index is 1.41. The Morgan fingerprint density at radius 2 is 1.91 bits per heavy atom. The van der Waals surface area contributed by atoms with E-state index in [1.54, 1.807) is 23.1 Å². The van der Waals surface area contributed by atoms with Crippen LogP contribution in [0, 0.1) is 0 Å². The van der Waals surface area contributed by atoms with Crippen LogP contribution in [0.4, 0.5) is 13.2 Å². The van der Waals surface area contributed by atoms with E-state index in [1.807, 2.05) is 0 Å². The number of carbonyl (C=O) groups excluding carboxylic acids is 3. The minimum absolute atomic E-state index is 0.0216. The van der Waals surface area contributed by atoms with Crippen molar-refractivity contribution in [3.05, 3.63) is 34.9 Å². The van der Waals surface area contributed by atoms with Crippen LogP contribution in [0.1, 0.15) is 47.2 Å². The summed E-state index contributed by atoms with van der Waals surface area (Å²) >= 11 is 0. The van der Waals surface area contributed by atoms with Crippen molar-refractivity contribution < 1.29 is 40.2 Å². The number of alkyl halides is 3. The first-order valence-electron chi connectivity index (χ1n) is 10.4. The van der Waals surface area contributed by atoms with Gasteiger partial charge in [0.15, 0.2) is 0 Å². The Bertz CT molecular complexity index is 1090. The topological polar surface area (TPSA) is 113 Å².